The summed E-state index contributed by atoms with van der Waals surface area (Å²) in [6.07, 6.45) is 3.55. The van der Waals surface area contributed by atoms with Gasteiger partial charge in [-0.05, 0) is 39.4 Å². The van der Waals surface area contributed by atoms with E-state index in [1.54, 1.807) is 0 Å². The van der Waals surface area contributed by atoms with E-state index < -0.39 is 0 Å². The minimum Gasteiger partial charge on any atom is -0.381 e. The maximum atomic E-state index is 5.47. The van der Waals surface area contributed by atoms with Crippen LogP contribution in [-0.4, -0.2) is 50.8 Å². The number of likely N-dealkylation sites (N-methyl/N-ethyl adjacent to an activating group) is 1. The van der Waals surface area contributed by atoms with Crippen LogP contribution in [0.15, 0.2) is 0 Å². The molecule has 1 aliphatic rings. The van der Waals surface area contributed by atoms with Crippen molar-refractivity contribution in [1.82, 2.24) is 10.2 Å². The molecule has 0 amide bonds. The zero-order valence-corrected chi connectivity index (χ0v) is 11.4. The van der Waals surface area contributed by atoms with Gasteiger partial charge in [0.1, 0.15) is 0 Å². The van der Waals surface area contributed by atoms with Crippen molar-refractivity contribution in [3.63, 3.8) is 0 Å². The summed E-state index contributed by atoms with van der Waals surface area (Å²) >= 11 is 0. The smallest absolute Gasteiger partial charge is 0.0484 e. The van der Waals surface area contributed by atoms with Crippen LogP contribution in [-0.2, 0) is 4.74 Å². The Labute approximate surface area is 101 Å². The lowest BCUT2D eigenvalue weighted by Crippen LogP contribution is -2.55. The molecule has 1 rings (SSSR count). The molecule has 16 heavy (non-hydrogen) atoms. The summed E-state index contributed by atoms with van der Waals surface area (Å²) in [6.45, 7) is 8.59. The summed E-state index contributed by atoms with van der Waals surface area (Å²) in [7, 11) is 4.38. The quantitative estimate of drug-likeness (QED) is 0.749. The molecule has 0 aromatic heterocycles. The third-order valence-corrected chi connectivity index (χ3v) is 4.02. The number of nitrogens with zero attached hydrogens (tertiary/aromatic N) is 1. The average molecular weight is 228 g/mol. The number of hydrogen-bond donors (Lipinski definition) is 1. The fourth-order valence-electron chi connectivity index (χ4n) is 2.23. The molecule has 1 fully saturated rings. The maximum absolute atomic E-state index is 5.47. The molecule has 1 saturated heterocycles. The summed E-state index contributed by atoms with van der Waals surface area (Å²) in [5, 5.41) is 3.63. The summed E-state index contributed by atoms with van der Waals surface area (Å²) < 4.78 is 5.47. The van der Waals surface area contributed by atoms with E-state index in [-0.39, 0.29) is 0 Å². The molecule has 0 aromatic carbocycles. The fraction of sp³-hybridized carbons (Fsp3) is 1.00. The predicted octanol–water partition coefficient (Wildman–Crippen LogP) is 1.73. The standard InChI is InChI=1S/C13H28N2O/c1-5-12(2)10-14-11-13(15(3)4)6-8-16-9-7-13/h12,14H,5-11H2,1-4H3. The van der Waals surface area contributed by atoms with Crippen molar-refractivity contribution in [2.45, 2.75) is 38.6 Å². The molecule has 0 bridgehead atoms. The van der Waals surface area contributed by atoms with E-state index in [1.807, 2.05) is 0 Å². The molecule has 1 atom stereocenters. The van der Waals surface area contributed by atoms with E-state index in [0.29, 0.717) is 5.54 Å². The maximum Gasteiger partial charge on any atom is 0.0484 e. The first-order chi connectivity index (χ1) is 7.60. The summed E-state index contributed by atoms with van der Waals surface area (Å²) in [6, 6.07) is 0. The van der Waals surface area contributed by atoms with Crippen LogP contribution in [0.25, 0.3) is 0 Å². The molecule has 96 valence electrons. The van der Waals surface area contributed by atoms with Crippen LogP contribution in [0, 0.1) is 5.92 Å². The van der Waals surface area contributed by atoms with Gasteiger partial charge in [0.15, 0.2) is 0 Å². The molecule has 1 heterocycles. The van der Waals surface area contributed by atoms with Crippen LogP contribution >= 0.6 is 0 Å². The minimum absolute atomic E-state index is 0.311. The van der Waals surface area contributed by atoms with Gasteiger partial charge in [0.25, 0.3) is 0 Å². The van der Waals surface area contributed by atoms with Gasteiger partial charge in [-0.15, -0.1) is 0 Å². The van der Waals surface area contributed by atoms with Crippen molar-refractivity contribution in [1.29, 1.82) is 0 Å². The Morgan fingerprint density at radius 1 is 1.31 bits per heavy atom. The lowest BCUT2D eigenvalue weighted by Gasteiger charge is -2.43. The molecule has 1 unspecified atom stereocenters. The Hall–Kier alpha value is -0.120. The average Bonchev–Trinajstić information content (AvgIpc) is 2.30. The van der Waals surface area contributed by atoms with Gasteiger partial charge in [0, 0.05) is 25.3 Å². The van der Waals surface area contributed by atoms with Gasteiger partial charge in [0.05, 0.1) is 0 Å². The number of nitrogens with one attached hydrogen (secondary N) is 1. The lowest BCUT2D eigenvalue weighted by molar-refractivity contribution is -0.00727. The van der Waals surface area contributed by atoms with Crippen molar-refractivity contribution in [2.75, 3.05) is 40.4 Å². The predicted molar refractivity (Wildman–Crippen MR) is 68.8 cm³/mol. The van der Waals surface area contributed by atoms with Crippen LogP contribution in [0.4, 0.5) is 0 Å². The first-order valence-electron chi connectivity index (χ1n) is 6.56. The highest BCUT2D eigenvalue weighted by atomic mass is 16.5. The highest BCUT2D eigenvalue weighted by molar-refractivity contribution is 4.92. The number of hydrogen-bond acceptors (Lipinski definition) is 3. The summed E-state index contributed by atoms with van der Waals surface area (Å²) in [4.78, 5) is 2.37. The molecule has 0 radical (unpaired) electrons. The Morgan fingerprint density at radius 2 is 1.94 bits per heavy atom. The van der Waals surface area contributed by atoms with Gasteiger partial charge in [0.2, 0.25) is 0 Å². The van der Waals surface area contributed by atoms with Crippen molar-refractivity contribution in [3.05, 3.63) is 0 Å². The molecular formula is C13H28N2O. The summed E-state index contributed by atoms with van der Waals surface area (Å²) in [5.74, 6) is 0.777. The van der Waals surface area contributed by atoms with Gasteiger partial charge >= 0.3 is 0 Å². The molecule has 3 heteroatoms. The van der Waals surface area contributed by atoms with Crippen LogP contribution in [0.5, 0.6) is 0 Å². The highest BCUT2D eigenvalue weighted by Crippen LogP contribution is 2.25. The van der Waals surface area contributed by atoms with E-state index in [0.717, 1.165) is 45.1 Å². The van der Waals surface area contributed by atoms with Gasteiger partial charge in [-0.3, -0.25) is 0 Å². The third kappa shape index (κ3) is 3.72. The molecule has 3 nitrogen and oxygen atoms in total. The van der Waals surface area contributed by atoms with Crippen LogP contribution in [0.3, 0.4) is 0 Å². The van der Waals surface area contributed by atoms with Crippen molar-refractivity contribution in [3.8, 4) is 0 Å². The Morgan fingerprint density at radius 3 is 2.44 bits per heavy atom. The molecule has 0 aliphatic carbocycles. The monoisotopic (exact) mass is 228 g/mol. The van der Waals surface area contributed by atoms with Gasteiger partial charge in [-0.2, -0.15) is 0 Å². The van der Waals surface area contributed by atoms with Crippen molar-refractivity contribution >= 4 is 0 Å². The molecular weight excluding hydrogens is 200 g/mol. The van der Waals surface area contributed by atoms with E-state index >= 15 is 0 Å². The topological polar surface area (TPSA) is 24.5 Å². The van der Waals surface area contributed by atoms with Crippen LogP contribution < -0.4 is 5.32 Å². The first kappa shape index (κ1) is 13.9. The fourth-order valence-corrected chi connectivity index (χ4v) is 2.23. The third-order valence-electron chi connectivity index (χ3n) is 4.02. The normalized spacial score (nSPS) is 22.3. The number of rotatable bonds is 6. The van der Waals surface area contributed by atoms with Gasteiger partial charge in [-0.25, -0.2) is 0 Å². The Balaban J connectivity index is 2.39. The van der Waals surface area contributed by atoms with E-state index in [1.165, 1.54) is 6.42 Å². The molecule has 0 aromatic rings. The van der Waals surface area contributed by atoms with Crippen LogP contribution in [0.2, 0.25) is 0 Å². The van der Waals surface area contributed by atoms with Crippen molar-refractivity contribution in [2.24, 2.45) is 5.92 Å². The van der Waals surface area contributed by atoms with Crippen molar-refractivity contribution < 1.29 is 4.74 Å². The second kappa shape index (κ2) is 6.58. The Kier molecular flexibility index (Phi) is 5.73. The highest BCUT2D eigenvalue weighted by Gasteiger charge is 2.34. The van der Waals surface area contributed by atoms with Crippen LogP contribution in [0.1, 0.15) is 33.1 Å². The van der Waals surface area contributed by atoms with E-state index in [2.05, 4.69) is 38.2 Å². The Bertz CT molecular complexity index is 188. The second-order valence-corrected chi connectivity index (χ2v) is 5.38. The largest absolute Gasteiger partial charge is 0.381 e. The zero-order valence-electron chi connectivity index (χ0n) is 11.4. The lowest BCUT2D eigenvalue weighted by atomic mass is 9.88. The first-order valence-corrected chi connectivity index (χ1v) is 6.56. The molecule has 0 saturated carbocycles. The van der Waals surface area contributed by atoms with Gasteiger partial charge in [-0.1, -0.05) is 20.3 Å². The van der Waals surface area contributed by atoms with E-state index in [4.69, 9.17) is 4.74 Å². The molecule has 1 aliphatic heterocycles. The summed E-state index contributed by atoms with van der Waals surface area (Å²) in [5.41, 5.74) is 0.311. The second-order valence-electron chi connectivity index (χ2n) is 5.38. The zero-order chi connectivity index (χ0) is 12.0. The van der Waals surface area contributed by atoms with E-state index in [9.17, 15) is 0 Å². The minimum atomic E-state index is 0.311. The SMILES string of the molecule is CCC(C)CNCC1(N(C)C)CCOCC1. The van der Waals surface area contributed by atoms with Gasteiger partial charge < -0.3 is 15.0 Å². The molecule has 0 spiro atoms. The number of ether oxygens (including phenoxy) is 1. The molecule has 1 N–H and O–H groups in total.